The van der Waals surface area contributed by atoms with E-state index in [0.717, 1.165) is 0 Å². The Morgan fingerprint density at radius 3 is 2.65 bits per heavy atom. The average Bonchev–Trinajstić information content (AvgIpc) is 2.72. The van der Waals surface area contributed by atoms with Crippen LogP contribution in [0.3, 0.4) is 0 Å². The van der Waals surface area contributed by atoms with Crippen LogP contribution in [0.5, 0.6) is 0 Å². The molecule has 0 saturated carbocycles. The number of carbonyl (C=O) groups excluding carboxylic acids is 3. The maximum absolute atomic E-state index is 11.6. The Morgan fingerprint density at radius 1 is 1.47 bits per heavy atom. The van der Waals surface area contributed by atoms with Gasteiger partial charge >= 0.3 is 11.9 Å². The van der Waals surface area contributed by atoms with Crippen LogP contribution in [0.15, 0.2) is 0 Å². The van der Waals surface area contributed by atoms with Crippen LogP contribution in [0, 0.1) is 0 Å². The van der Waals surface area contributed by atoms with Gasteiger partial charge in [-0.3, -0.25) is 4.79 Å². The van der Waals surface area contributed by atoms with Gasteiger partial charge in [-0.15, -0.1) is 0 Å². The highest BCUT2D eigenvalue weighted by molar-refractivity contribution is 5.89. The Kier molecular flexibility index (Phi) is 4.93. The van der Waals surface area contributed by atoms with Crippen LogP contribution < -0.4 is 5.32 Å². The van der Waals surface area contributed by atoms with Gasteiger partial charge in [0.15, 0.2) is 6.10 Å². The van der Waals surface area contributed by atoms with Gasteiger partial charge in [-0.1, -0.05) is 6.92 Å². The molecule has 1 N–H and O–H groups in total. The van der Waals surface area contributed by atoms with Gasteiger partial charge in [-0.25, -0.2) is 9.59 Å². The van der Waals surface area contributed by atoms with E-state index < -0.39 is 24.1 Å². The number of esters is 2. The molecular formula is C11H17NO5. The summed E-state index contributed by atoms with van der Waals surface area (Å²) in [6.07, 6.45) is 0.193. The molecule has 96 valence electrons. The molecule has 1 heterocycles. The number of carbonyl (C=O) groups is 3. The molecule has 1 aliphatic rings. The van der Waals surface area contributed by atoms with E-state index in [1.165, 1.54) is 0 Å². The molecule has 1 saturated heterocycles. The molecule has 0 aromatic carbocycles. The number of amides is 1. The van der Waals surface area contributed by atoms with E-state index in [4.69, 9.17) is 9.47 Å². The summed E-state index contributed by atoms with van der Waals surface area (Å²) >= 11 is 0. The fourth-order valence-corrected chi connectivity index (χ4v) is 1.55. The molecule has 1 rings (SSSR count). The Balaban J connectivity index is 2.47. The summed E-state index contributed by atoms with van der Waals surface area (Å²) in [5, 5.41) is 2.49. The smallest absolute Gasteiger partial charge is 0.347 e. The topological polar surface area (TPSA) is 81.7 Å². The minimum atomic E-state index is -0.889. The van der Waals surface area contributed by atoms with E-state index in [9.17, 15) is 14.4 Å². The molecular weight excluding hydrogens is 226 g/mol. The summed E-state index contributed by atoms with van der Waals surface area (Å²) in [6.45, 7) is 3.65. The van der Waals surface area contributed by atoms with Crippen molar-refractivity contribution in [2.45, 2.75) is 45.3 Å². The third-order valence-corrected chi connectivity index (χ3v) is 2.46. The van der Waals surface area contributed by atoms with E-state index >= 15 is 0 Å². The van der Waals surface area contributed by atoms with E-state index in [0.29, 0.717) is 19.3 Å². The van der Waals surface area contributed by atoms with Crippen molar-refractivity contribution in [2.24, 2.45) is 0 Å². The zero-order valence-electron chi connectivity index (χ0n) is 10.0. The first kappa shape index (κ1) is 13.5. The van der Waals surface area contributed by atoms with Crippen molar-refractivity contribution in [3.63, 3.8) is 0 Å². The second-order valence-corrected chi connectivity index (χ2v) is 3.74. The van der Waals surface area contributed by atoms with Crippen LogP contribution in [-0.4, -0.2) is 36.6 Å². The van der Waals surface area contributed by atoms with Gasteiger partial charge in [0.2, 0.25) is 5.91 Å². The highest BCUT2D eigenvalue weighted by Crippen LogP contribution is 2.11. The second kappa shape index (κ2) is 6.22. The molecule has 1 aliphatic heterocycles. The first-order valence-corrected chi connectivity index (χ1v) is 5.75. The molecule has 2 unspecified atom stereocenters. The fraction of sp³-hybridized carbons (Fsp3) is 0.727. The quantitative estimate of drug-likeness (QED) is 0.695. The Hall–Kier alpha value is -1.59. The molecule has 0 aliphatic carbocycles. The first-order chi connectivity index (χ1) is 8.08. The third kappa shape index (κ3) is 3.72. The number of hydrogen-bond donors (Lipinski definition) is 1. The monoisotopic (exact) mass is 243 g/mol. The van der Waals surface area contributed by atoms with Gasteiger partial charge in [0, 0.05) is 6.42 Å². The first-order valence-electron chi connectivity index (χ1n) is 5.75. The number of rotatable bonds is 5. The lowest BCUT2D eigenvalue weighted by Gasteiger charge is -2.17. The van der Waals surface area contributed by atoms with Crippen molar-refractivity contribution in [1.82, 2.24) is 5.32 Å². The standard InChI is InChI=1S/C11H17NO5/c1-3-8(11(15)16-4-2)17-10(14)7-5-6-9(13)12-7/h7-8H,3-6H2,1-2H3,(H,12,13). The molecule has 0 aromatic heterocycles. The summed E-state index contributed by atoms with van der Waals surface area (Å²) in [5.41, 5.74) is 0. The van der Waals surface area contributed by atoms with Gasteiger partial charge in [0.25, 0.3) is 0 Å². The lowest BCUT2D eigenvalue weighted by Crippen LogP contribution is -2.39. The van der Waals surface area contributed by atoms with Gasteiger partial charge in [-0.2, -0.15) is 0 Å². The largest absolute Gasteiger partial charge is 0.463 e. The van der Waals surface area contributed by atoms with E-state index in [2.05, 4.69) is 5.32 Å². The maximum atomic E-state index is 11.6. The molecule has 6 nitrogen and oxygen atoms in total. The van der Waals surface area contributed by atoms with E-state index in [1.807, 2.05) is 0 Å². The summed E-state index contributed by atoms with van der Waals surface area (Å²) < 4.78 is 9.79. The number of ether oxygens (including phenoxy) is 2. The molecule has 6 heteroatoms. The highest BCUT2D eigenvalue weighted by Gasteiger charge is 2.32. The summed E-state index contributed by atoms with van der Waals surface area (Å²) in [6, 6.07) is -0.633. The molecule has 0 spiro atoms. The predicted octanol–water partition coefficient (Wildman–Crippen LogP) is 0.150. The molecule has 17 heavy (non-hydrogen) atoms. The van der Waals surface area contributed by atoms with Crippen molar-refractivity contribution in [3.05, 3.63) is 0 Å². The third-order valence-electron chi connectivity index (χ3n) is 2.46. The van der Waals surface area contributed by atoms with Crippen molar-refractivity contribution in [3.8, 4) is 0 Å². The summed E-state index contributed by atoms with van der Waals surface area (Å²) in [4.78, 5) is 34.0. The van der Waals surface area contributed by atoms with Gasteiger partial charge in [0.05, 0.1) is 6.61 Å². The number of hydrogen-bond acceptors (Lipinski definition) is 5. The van der Waals surface area contributed by atoms with Crippen LogP contribution >= 0.6 is 0 Å². The Morgan fingerprint density at radius 2 is 2.18 bits per heavy atom. The van der Waals surface area contributed by atoms with E-state index in [-0.39, 0.29) is 12.5 Å². The molecule has 0 radical (unpaired) electrons. The summed E-state index contributed by atoms with van der Waals surface area (Å²) in [7, 11) is 0. The predicted molar refractivity (Wildman–Crippen MR) is 58.0 cm³/mol. The Bertz CT molecular complexity index is 315. The van der Waals surface area contributed by atoms with Crippen LogP contribution in [0.4, 0.5) is 0 Å². The van der Waals surface area contributed by atoms with Gasteiger partial charge in [-0.05, 0) is 19.8 Å². The average molecular weight is 243 g/mol. The minimum Gasteiger partial charge on any atom is -0.463 e. The zero-order chi connectivity index (χ0) is 12.8. The number of nitrogens with one attached hydrogen (secondary N) is 1. The normalized spacial score (nSPS) is 20.6. The lowest BCUT2D eigenvalue weighted by atomic mass is 10.2. The summed E-state index contributed by atoms with van der Waals surface area (Å²) in [5.74, 6) is -1.29. The van der Waals surface area contributed by atoms with Crippen LogP contribution in [0.25, 0.3) is 0 Å². The maximum Gasteiger partial charge on any atom is 0.347 e. The van der Waals surface area contributed by atoms with Crippen molar-refractivity contribution < 1.29 is 23.9 Å². The van der Waals surface area contributed by atoms with Crippen molar-refractivity contribution in [1.29, 1.82) is 0 Å². The molecule has 2 atom stereocenters. The molecule has 1 fully saturated rings. The van der Waals surface area contributed by atoms with Crippen LogP contribution in [0.1, 0.15) is 33.1 Å². The van der Waals surface area contributed by atoms with Gasteiger partial charge < -0.3 is 14.8 Å². The highest BCUT2D eigenvalue weighted by atomic mass is 16.6. The Labute approximate surface area is 99.6 Å². The zero-order valence-corrected chi connectivity index (χ0v) is 10.0. The van der Waals surface area contributed by atoms with E-state index in [1.54, 1.807) is 13.8 Å². The fourth-order valence-electron chi connectivity index (χ4n) is 1.55. The minimum absolute atomic E-state index is 0.170. The van der Waals surface area contributed by atoms with Crippen molar-refractivity contribution in [2.75, 3.05) is 6.61 Å². The van der Waals surface area contributed by atoms with Gasteiger partial charge in [0.1, 0.15) is 6.04 Å². The van der Waals surface area contributed by atoms with Crippen molar-refractivity contribution >= 4 is 17.8 Å². The van der Waals surface area contributed by atoms with Crippen LogP contribution in [-0.2, 0) is 23.9 Å². The lowest BCUT2D eigenvalue weighted by molar-refractivity contribution is -0.169. The molecule has 0 bridgehead atoms. The van der Waals surface area contributed by atoms with Crippen LogP contribution in [0.2, 0.25) is 0 Å². The molecule has 1 amide bonds. The second-order valence-electron chi connectivity index (χ2n) is 3.74. The SMILES string of the molecule is CCOC(=O)C(CC)OC(=O)C1CCC(=O)N1. The molecule has 0 aromatic rings.